The number of nitrogens with one attached hydrogen (secondary N) is 2. The molecule has 1 aromatic heterocycles. The van der Waals surface area contributed by atoms with Gasteiger partial charge in [0.1, 0.15) is 5.69 Å². The van der Waals surface area contributed by atoms with Gasteiger partial charge >= 0.3 is 0 Å². The van der Waals surface area contributed by atoms with E-state index in [0.29, 0.717) is 18.3 Å². The van der Waals surface area contributed by atoms with E-state index in [-0.39, 0.29) is 0 Å². The number of aromatic nitrogens is 3. The molecule has 0 saturated carbocycles. The van der Waals surface area contributed by atoms with Gasteiger partial charge in [-0.1, -0.05) is 5.21 Å². The maximum absolute atomic E-state index is 5.53. The van der Waals surface area contributed by atoms with Crippen molar-refractivity contribution in [3.05, 3.63) is 5.69 Å². The van der Waals surface area contributed by atoms with Gasteiger partial charge < -0.3 is 16.8 Å². The SMILES string of the molecule is CN=C(N)Nc1[nH]nnc1CCCCN. The van der Waals surface area contributed by atoms with Crippen molar-refractivity contribution in [3.63, 3.8) is 0 Å². The van der Waals surface area contributed by atoms with Gasteiger partial charge in [0.25, 0.3) is 0 Å². The van der Waals surface area contributed by atoms with Crippen molar-refractivity contribution in [1.29, 1.82) is 0 Å². The summed E-state index contributed by atoms with van der Waals surface area (Å²) in [5, 5.41) is 13.3. The molecule has 0 aliphatic rings. The van der Waals surface area contributed by atoms with Crippen LogP contribution in [-0.2, 0) is 6.42 Å². The highest BCUT2D eigenvalue weighted by molar-refractivity contribution is 5.91. The molecule has 0 unspecified atom stereocenters. The molecule has 0 aliphatic heterocycles. The minimum atomic E-state index is 0.334. The standard InChI is InChI=1S/C8H17N7/c1-11-8(10)12-7-6(13-15-14-7)4-2-3-5-9/h2-5,9H2,1H3,(H4,10,11,12,13,14,15). The minimum Gasteiger partial charge on any atom is -0.370 e. The van der Waals surface area contributed by atoms with Crippen LogP contribution in [0.3, 0.4) is 0 Å². The second-order valence-corrected chi connectivity index (χ2v) is 3.11. The molecule has 0 aromatic carbocycles. The molecule has 0 aliphatic carbocycles. The van der Waals surface area contributed by atoms with E-state index < -0.39 is 0 Å². The van der Waals surface area contributed by atoms with Crippen LogP contribution in [-0.4, -0.2) is 35.0 Å². The minimum absolute atomic E-state index is 0.334. The number of nitrogens with zero attached hydrogens (tertiary/aromatic N) is 3. The van der Waals surface area contributed by atoms with Crippen molar-refractivity contribution in [3.8, 4) is 0 Å². The van der Waals surface area contributed by atoms with E-state index in [4.69, 9.17) is 11.5 Å². The second kappa shape index (κ2) is 5.97. The van der Waals surface area contributed by atoms with E-state index in [0.717, 1.165) is 25.0 Å². The highest BCUT2D eigenvalue weighted by atomic mass is 15.4. The molecule has 0 atom stereocenters. The highest BCUT2D eigenvalue weighted by Crippen LogP contribution is 2.10. The van der Waals surface area contributed by atoms with Gasteiger partial charge in [-0.05, 0) is 25.8 Å². The summed E-state index contributed by atoms with van der Waals surface area (Å²) in [5.74, 6) is 1.04. The maximum atomic E-state index is 5.53. The van der Waals surface area contributed by atoms with Crippen molar-refractivity contribution in [2.75, 3.05) is 18.9 Å². The summed E-state index contributed by atoms with van der Waals surface area (Å²) >= 11 is 0. The Bertz CT molecular complexity index is 317. The molecule has 1 rings (SSSR count). The summed E-state index contributed by atoms with van der Waals surface area (Å²) in [7, 11) is 1.61. The molecule has 0 saturated heterocycles. The topological polar surface area (TPSA) is 118 Å². The maximum Gasteiger partial charge on any atom is 0.194 e. The molecule has 0 fully saturated rings. The number of hydrogen-bond donors (Lipinski definition) is 4. The molecule has 1 heterocycles. The van der Waals surface area contributed by atoms with E-state index in [1.165, 1.54) is 0 Å². The lowest BCUT2D eigenvalue weighted by Gasteiger charge is -2.03. The monoisotopic (exact) mass is 211 g/mol. The fourth-order valence-corrected chi connectivity index (χ4v) is 1.15. The summed E-state index contributed by atoms with van der Waals surface area (Å²) < 4.78 is 0. The van der Waals surface area contributed by atoms with Gasteiger partial charge in [0, 0.05) is 7.05 Å². The second-order valence-electron chi connectivity index (χ2n) is 3.11. The number of H-pyrrole nitrogens is 1. The quantitative estimate of drug-likeness (QED) is 0.296. The van der Waals surface area contributed by atoms with E-state index in [1.54, 1.807) is 7.05 Å². The van der Waals surface area contributed by atoms with Crippen LogP contribution >= 0.6 is 0 Å². The summed E-state index contributed by atoms with van der Waals surface area (Å²) in [4.78, 5) is 3.79. The molecule has 0 bridgehead atoms. The number of hydrogen-bond acceptors (Lipinski definition) is 4. The van der Waals surface area contributed by atoms with Gasteiger partial charge in [0.15, 0.2) is 11.8 Å². The lowest BCUT2D eigenvalue weighted by atomic mass is 10.2. The van der Waals surface area contributed by atoms with Crippen molar-refractivity contribution >= 4 is 11.8 Å². The van der Waals surface area contributed by atoms with Gasteiger partial charge in [-0.2, -0.15) is 0 Å². The first-order valence-electron chi connectivity index (χ1n) is 4.87. The van der Waals surface area contributed by atoms with E-state index in [1.807, 2.05) is 0 Å². The van der Waals surface area contributed by atoms with E-state index in [9.17, 15) is 0 Å². The Morgan fingerprint density at radius 1 is 1.53 bits per heavy atom. The predicted molar refractivity (Wildman–Crippen MR) is 59.5 cm³/mol. The molecule has 15 heavy (non-hydrogen) atoms. The smallest absolute Gasteiger partial charge is 0.194 e. The Balaban J connectivity index is 2.53. The predicted octanol–water partition coefficient (Wildman–Crippen LogP) is -0.558. The summed E-state index contributed by atoms with van der Waals surface area (Å²) in [6.45, 7) is 0.694. The summed E-state index contributed by atoms with van der Waals surface area (Å²) in [5.41, 5.74) is 11.8. The Hall–Kier alpha value is -1.63. The van der Waals surface area contributed by atoms with Crippen molar-refractivity contribution in [2.45, 2.75) is 19.3 Å². The molecule has 0 amide bonds. The number of aryl methyl sites for hydroxylation is 1. The number of aliphatic imine (C=N–C) groups is 1. The van der Waals surface area contributed by atoms with Gasteiger partial charge in [0.2, 0.25) is 0 Å². The molecule has 6 N–H and O–H groups in total. The van der Waals surface area contributed by atoms with Gasteiger partial charge in [-0.15, -0.1) is 5.10 Å². The number of unbranched alkanes of at least 4 members (excludes halogenated alkanes) is 1. The molecule has 7 nitrogen and oxygen atoms in total. The first-order chi connectivity index (χ1) is 7.27. The van der Waals surface area contributed by atoms with Gasteiger partial charge in [-0.3, -0.25) is 4.99 Å². The summed E-state index contributed by atoms with van der Waals surface area (Å²) in [6, 6.07) is 0. The largest absolute Gasteiger partial charge is 0.370 e. The highest BCUT2D eigenvalue weighted by Gasteiger charge is 2.06. The zero-order chi connectivity index (χ0) is 11.1. The Kier molecular flexibility index (Phi) is 4.55. The van der Waals surface area contributed by atoms with Crippen LogP contribution in [0.5, 0.6) is 0 Å². The number of rotatable bonds is 5. The molecule has 0 spiro atoms. The normalized spacial score (nSPS) is 11.7. The van der Waals surface area contributed by atoms with Crippen molar-refractivity contribution in [1.82, 2.24) is 15.4 Å². The average molecular weight is 211 g/mol. The van der Waals surface area contributed by atoms with Crippen LogP contribution in [0.4, 0.5) is 5.82 Å². The average Bonchev–Trinajstić information content (AvgIpc) is 2.66. The molecule has 1 aromatic rings. The van der Waals surface area contributed by atoms with Crippen LogP contribution < -0.4 is 16.8 Å². The molecular weight excluding hydrogens is 194 g/mol. The number of nitrogens with two attached hydrogens (primary N) is 2. The number of anilines is 1. The Morgan fingerprint density at radius 2 is 2.33 bits per heavy atom. The summed E-state index contributed by atoms with van der Waals surface area (Å²) in [6.07, 6.45) is 2.79. The van der Waals surface area contributed by atoms with Crippen LogP contribution in [0, 0.1) is 0 Å². The lowest BCUT2D eigenvalue weighted by molar-refractivity contribution is 0.730. The van der Waals surface area contributed by atoms with Crippen LogP contribution in [0.2, 0.25) is 0 Å². The zero-order valence-corrected chi connectivity index (χ0v) is 8.82. The third-order valence-corrected chi connectivity index (χ3v) is 1.98. The molecule has 84 valence electrons. The Morgan fingerprint density at radius 3 is 3.00 bits per heavy atom. The first kappa shape index (κ1) is 11.4. The molecule has 7 heteroatoms. The van der Waals surface area contributed by atoms with Crippen LogP contribution in [0.15, 0.2) is 4.99 Å². The zero-order valence-electron chi connectivity index (χ0n) is 8.82. The van der Waals surface area contributed by atoms with Gasteiger partial charge in [-0.25, -0.2) is 5.10 Å². The van der Waals surface area contributed by atoms with Crippen LogP contribution in [0.1, 0.15) is 18.5 Å². The van der Waals surface area contributed by atoms with Crippen molar-refractivity contribution in [2.24, 2.45) is 16.5 Å². The molecular formula is C8H17N7. The van der Waals surface area contributed by atoms with E-state index in [2.05, 4.69) is 25.7 Å². The molecule has 0 radical (unpaired) electrons. The fraction of sp³-hybridized carbons (Fsp3) is 0.625. The number of guanidine groups is 1. The fourth-order valence-electron chi connectivity index (χ4n) is 1.15. The van der Waals surface area contributed by atoms with Crippen molar-refractivity contribution < 1.29 is 0 Å². The van der Waals surface area contributed by atoms with Gasteiger partial charge in [0.05, 0.1) is 0 Å². The first-order valence-corrected chi connectivity index (χ1v) is 4.87. The Labute approximate surface area is 88.3 Å². The lowest BCUT2D eigenvalue weighted by Crippen LogP contribution is -2.23. The third-order valence-electron chi connectivity index (χ3n) is 1.98. The third kappa shape index (κ3) is 3.55. The van der Waals surface area contributed by atoms with E-state index >= 15 is 0 Å². The number of aromatic amines is 1. The van der Waals surface area contributed by atoms with Crippen LogP contribution in [0.25, 0.3) is 0 Å².